The molecule has 1 heterocycles. The van der Waals surface area contributed by atoms with E-state index in [1.54, 1.807) is 19.2 Å². The quantitative estimate of drug-likeness (QED) is 0.942. The van der Waals surface area contributed by atoms with Gasteiger partial charge in [0.25, 0.3) is 5.91 Å². The predicted octanol–water partition coefficient (Wildman–Crippen LogP) is 2.95. The number of methoxy groups -OCH3 is 1. The zero-order chi connectivity index (χ0) is 14.7. The molecular weight excluding hydrogens is 266 g/mol. The van der Waals surface area contributed by atoms with Crippen LogP contribution in [0.3, 0.4) is 0 Å². The van der Waals surface area contributed by atoms with Crippen LogP contribution in [-0.2, 0) is 0 Å². The average Bonchev–Trinajstić information content (AvgIpc) is 2.55. The molecule has 0 spiro atoms. The van der Waals surface area contributed by atoms with Crippen LogP contribution in [0.4, 0.5) is 0 Å². The van der Waals surface area contributed by atoms with Crippen LogP contribution in [0.1, 0.15) is 28.4 Å². The van der Waals surface area contributed by atoms with Gasteiger partial charge in [0.15, 0.2) is 0 Å². The Hall–Kier alpha value is -2.49. The number of fused-ring (bicyclic) bond motifs is 1. The van der Waals surface area contributed by atoms with Crippen LogP contribution in [0.25, 0.3) is 0 Å². The number of hydrogen-bond donors (Lipinski definition) is 1. The van der Waals surface area contributed by atoms with Crippen LogP contribution in [0.5, 0.6) is 11.5 Å². The van der Waals surface area contributed by atoms with E-state index in [0.717, 1.165) is 17.7 Å². The lowest BCUT2D eigenvalue weighted by Gasteiger charge is -2.26. The number of amides is 1. The summed E-state index contributed by atoms with van der Waals surface area (Å²) in [4.78, 5) is 12.5. The van der Waals surface area contributed by atoms with Crippen molar-refractivity contribution in [1.29, 1.82) is 0 Å². The Kier molecular flexibility index (Phi) is 3.77. The largest absolute Gasteiger partial charge is 0.496 e. The summed E-state index contributed by atoms with van der Waals surface area (Å²) < 4.78 is 10.8. The molecular formula is C17H17NO3. The highest BCUT2D eigenvalue weighted by atomic mass is 16.5. The van der Waals surface area contributed by atoms with Crippen LogP contribution < -0.4 is 14.8 Å². The first kappa shape index (κ1) is 13.5. The fraction of sp³-hybridized carbons (Fsp3) is 0.235. The third-order valence-electron chi connectivity index (χ3n) is 3.62. The molecule has 1 amide bonds. The Bertz CT molecular complexity index is 654. The van der Waals surface area contributed by atoms with Gasteiger partial charge in [0.05, 0.1) is 25.3 Å². The van der Waals surface area contributed by atoms with Gasteiger partial charge >= 0.3 is 0 Å². The molecule has 0 aromatic heterocycles. The molecule has 0 aliphatic carbocycles. The van der Waals surface area contributed by atoms with Gasteiger partial charge in [-0.2, -0.15) is 0 Å². The van der Waals surface area contributed by atoms with Crippen LogP contribution in [0, 0.1) is 0 Å². The topological polar surface area (TPSA) is 47.6 Å². The molecule has 3 rings (SSSR count). The van der Waals surface area contributed by atoms with Crippen LogP contribution in [-0.4, -0.2) is 19.6 Å². The Balaban J connectivity index is 1.83. The van der Waals surface area contributed by atoms with Gasteiger partial charge in [-0.1, -0.05) is 30.3 Å². The van der Waals surface area contributed by atoms with Gasteiger partial charge in [-0.05, 0) is 18.2 Å². The van der Waals surface area contributed by atoms with Crippen molar-refractivity contribution in [1.82, 2.24) is 5.32 Å². The molecule has 1 aliphatic rings. The third-order valence-corrected chi connectivity index (χ3v) is 3.62. The van der Waals surface area contributed by atoms with Gasteiger partial charge in [-0.15, -0.1) is 0 Å². The summed E-state index contributed by atoms with van der Waals surface area (Å²) in [7, 11) is 1.57. The molecule has 0 fully saturated rings. The van der Waals surface area contributed by atoms with E-state index in [4.69, 9.17) is 9.47 Å². The maximum atomic E-state index is 12.5. The molecule has 108 valence electrons. The smallest absolute Gasteiger partial charge is 0.255 e. The van der Waals surface area contributed by atoms with Crippen molar-refractivity contribution in [3.63, 3.8) is 0 Å². The maximum Gasteiger partial charge on any atom is 0.255 e. The Morgan fingerprint density at radius 1 is 1.19 bits per heavy atom. The molecule has 0 radical (unpaired) electrons. The number of nitrogens with one attached hydrogen (secondary N) is 1. The number of para-hydroxylation sites is 2. The highest BCUT2D eigenvalue weighted by molar-refractivity contribution is 5.97. The third kappa shape index (κ3) is 2.70. The first-order chi connectivity index (χ1) is 10.3. The lowest BCUT2D eigenvalue weighted by molar-refractivity contribution is 0.0922. The van der Waals surface area contributed by atoms with Crippen molar-refractivity contribution in [2.45, 2.75) is 12.5 Å². The number of carbonyl (C=O) groups excluding carboxylic acids is 1. The van der Waals surface area contributed by atoms with Gasteiger partial charge in [-0.25, -0.2) is 0 Å². The molecule has 0 bridgehead atoms. The summed E-state index contributed by atoms with van der Waals surface area (Å²) in [6.07, 6.45) is 0.762. The second kappa shape index (κ2) is 5.87. The zero-order valence-electron chi connectivity index (χ0n) is 11.8. The van der Waals surface area contributed by atoms with E-state index in [9.17, 15) is 4.79 Å². The number of ether oxygens (including phenoxy) is 2. The normalized spacial score (nSPS) is 16.5. The van der Waals surface area contributed by atoms with Crippen molar-refractivity contribution in [3.05, 3.63) is 59.7 Å². The summed E-state index contributed by atoms with van der Waals surface area (Å²) in [5.41, 5.74) is 1.57. The molecule has 4 heteroatoms. The van der Waals surface area contributed by atoms with Gasteiger partial charge in [0.1, 0.15) is 11.5 Å². The van der Waals surface area contributed by atoms with Gasteiger partial charge < -0.3 is 14.8 Å². The fourth-order valence-corrected chi connectivity index (χ4v) is 2.56. The van der Waals surface area contributed by atoms with Crippen molar-refractivity contribution in [3.8, 4) is 11.5 Å². The second-order valence-corrected chi connectivity index (χ2v) is 4.90. The standard InChI is InChI=1S/C17H17NO3/c1-20-15-8-4-3-7-13(15)17(19)18-14-10-11-21-16-9-5-2-6-12(14)16/h2-9,14H,10-11H2,1H3,(H,18,19). The molecule has 21 heavy (non-hydrogen) atoms. The van der Waals surface area contributed by atoms with E-state index in [2.05, 4.69) is 5.32 Å². The molecule has 2 aromatic carbocycles. The maximum absolute atomic E-state index is 12.5. The Morgan fingerprint density at radius 2 is 1.95 bits per heavy atom. The van der Waals surface area contributed by atoms with E-state index in [0.29, 0.717) is 17.9 Å². The highest BCUT2D eigenvalue weighted by Crippen LogP contribution is 2.32. The molecule has 4 nitrogen and oxygen atoms in total. The summed E-state index contributed by atoms with van der Waals surface area (Å²) in [6.45, 7) is 0.605. The van der Waals surface area contributed by atoms with E-state index in [1.807, 2.05) is 36.4 Å². The van der Waals surface area contributed by atoms with Crippen LogP contribution >= 0.6 is 0 Å². The molecule has 1 atom stereocenters. The fourth-order valence-electron chi connectivity index (χ4n) is 2.56. The molecule has 1 N–H and O–H groups in total. The summed E-state index contributed by atoms with van der Waals surface area (Å²) in [6, 6.07) is 15.0. The number of rotatable bonds is 3. The molecule has 0 saturated heterocycles. The zero-order valence-corrected chi connectivity index (χ0v) is 11.8. The van der Waals surface area contributed by atoms with E-state index >= 15 is 0 Å². The summed E-state index contributed by atoms with van der Waals surface area (Å²) in [5, 5.41) is 3.07. The highest BCUT2D eigenvalue weighted by Gasteiger charge is 2.23. The van der Waals surface area contributed by atoms with Crippen molar-refractivity contribution >= 4 is 5.91 Å². The minimum Gasteiger partial charge on any atom is -0.496 e. The van der Waals surface area contributed by atoms with Crippen LogP contribution in [0.2, 0.25) is 0 Å². The lowest BCUT2D eigenvalue weighted by Crippen LogP contribution is -2.32. The number of benzene rings is 2. The minimum absolute atomic E-state index is 0.0348. The second-order valence-electron chi connectivity index (χ2n) is 4.90. The average molecular weight is 283 g/mol. The summed E-state index contributed by atoms with van der Waals surface area (Å²) >= 11 is 0. The number of hydrogen-bond acceptors (Lipinski definition) is 3. The van der Waals surface area contributed by atoms with Crippen molar-refractivity contribution in [2.75, 3.05) is 13.7 Å². The molecule has 2 aromatic rings. The van der Waals surface area contributed by atoms with Gasteiger partial charge in [0, 0.05) is 12.0 Å². The van der Waals surface area contributed by atoms with Crippen molar-refractivity contribution in [2.24, 2.45) is 0 Å². The monoisotopic (exact) mass is 283 g/mol. The van der Waals surface area contributed by atoms with E-state index < -0.39 is 0 Å². The minimum atomic E-state index is -0.130. The molecule has 1 unspecified atom stereocenters. The Labute approximate surface area is 123 Å². The van der Waals surface area contributed by atoms with E-state index in [1.165, 1.54) is 0 Å². The summed E-state index contributed by atoms with van der Waals surface area (Å²) in [5.74, 6) is 1.29. The molecule has 1 aliphatic heterocycles. The lowest BCUT2D eigenvalue weighted by atomic mass is 10.00. The van der Waals surface area contributed by atoms with E-state index in [-0.39, 0.29) is 11.9 Å². The number of carbonyl (C=O) groups is 1. The predicted molar refractivity (Wildman–Crippen MR) is 79.8 cm³/mol. The SMILES string of the molecule is COc1ccccc1C(=O)NC1CCOc2ccccc21. The first-order valence-electron chi connectivity index (χ1n) is 6.95. The molecule has 0 saturated carbocycles. The Morgan fingerprint density at radius 3 is 2.81 bits per heavy atom. The van der Waals surface area contributed by atoms with Crippen molar-refractivity contribution < 1.29 is 14.3 Å². The van der Waals surface area contributed by atoms with Crippen LogP contribution in [0.15, 0.2) is 48.5 Å². The van der Waals surface area contributed by atoms with Gasteiger partial charge in [-0.3, -0.25) is 4.79 Å². The van der Waals surface area contributed by atoms with Gasteiger partial charge in [0.2, 0.25) is 0 Å². The first-order valence-corrected chi connectivity index (χ1v) is 6.95.